The second-order valence-electron chi connectivity index (χ2n) is 4.72. The maximum Gasteiger partial charge on any atom is 0.242 e. The Morgan fingerprint density at radius 2 is 1.79 bits per heavy atom. The number of aromatic nitrogens is 6. The Bertz CT molecular complexity index is 861. The van der Waals surface area contributed by atoms with Crippen LogP contribution in [-0.2, 0) is 6.54 Å². The van der Waals surface area contributed by atoms with Crippen LogP contribution in [-0.4, -0.2) is 47.7 Å². The predicted octanol–water partition coefficient (Wildman–Crippen LogP) is 0.632. The quantitative estimate of drug-likeness (QED) is 0.683. The van der Waals surface area contributed by atoms with Crippen molar-refractivity contribution in [2.75, 3.05) is 6.61 Å². The van der Waals surface area contributed by atoms with Crippen molar-refractivity contribution in [1.82, 2.24) is 30.2 Å². The van der Waals surface area contributed by atoms with E-state index in [1.807, 2.05) is 0 Å². The third-order valence-corrected chi connectivity index (χ3v) is 3.12. The van der Waals surface area contributed by atoms with E-state index in [0.717, 1.165) is 16.9 Å². The molecule has 0 aliphatic rings. The molecule has 2 heterocycles. The second-order valence-corrected chi connectivity index (χ2v) is 4.72. The SMILES string of the molecule is O=C(CO)c1cc(F)c(Cn2nnc(-c3ncccn3)n2)c(F)c1. The predicted molar refractivity (Wildman–Crippen MR) is 75.7 cm³/mol. The smallest absolute Gasteiger partial charge is 0.242 e. The molecule has 0 radical (unpaired) electrons. The largest absolute Gasteiger partial charge is 0.388 e. The van der Waals surface area contributed by atoms with Crippen LogP contribution < -0.4 is 0 Å². The molecule has 0 aliphatic carbocycles. The van der Waals surface area contributed by atoms with E-state index in [-0.39, 0.29) is 29.3 Å². The summed E-state index contributed by atoms with van der Waals surface area (Å²) in [4.78, 5) is 20.2. The van der Waals surface area contributed by atoms with Gasteiger partial charge in [-0.25, -0.2) is 18.7 Å². The maximum absolute atomic E-state index is 14.0. The molecule has 0 amide bonds. The summed E-state index contributed by atoms with van der Waals surface area (Å²) in [5, 5.41) is 20.1. The first-order valence-corrected chi connectivity index (χ1v) is 6.75. The van der Waals surface area contributed by atoms with Gasteiger partial charge in [0.25, 0.3) is 0 Å². The third-order valence-electron chi connectivity index (χ3n) is 3.12. The molecule has 3 rings (SSSR count). The minimum Gasteiger partial charge on any atom is -0.388 e. The molecule has 0 atom stereocenters. The lowest BCUT2D eigenvalue weighted by Crippen LogP contribution is -2.11. The Kier molecular flexibility index (Phi) is 4.29. The molecule has 0 spiro atoms. The van der Waals surface area contributed by atoms with Gasteiger partial charge in [-0.2, -0.15) is 4.80 Å². The number of carbonyl (C=O) groups excluding carboxylic acids is 1. The van der Waals surface area contributed by atoms with Crippen LogP contribution in [0.3, 0.4) is 0 Å². The van der Waals surface area contributed by atoms with Crippen molar-refractivity contribution in [2.24, 2.45) is 0 Å². The summed E-state index contributed by atoms with van der Waals surface area (Å²) >= 11 is 0. The van der Waals surface area contributed by atoms with Crippen molar-refractivity contribution in [3.05, 3.63) is 53.4 Å². The van der Waals surface area contributed by atoms with Gasteiger partial charge in [-0.05, 0) is 23.4 Å². The molecule has 0 unspecified atom stereocenters. The molecular formula is C14H10F2N6O2. The fraction of sp³-hybridized carbons (Fsp3) is 0.143. The van der Waals surface area contributed by atoms with Gasteiger partial charge in [0.2, 0.25) is 11.6 Å². The van der Waals surface area contributed by atoms with Gasteiger partial charge in [0.1, 0.15) is 18.2 Å². The summed E-state index contributed by atoms with van der Waals surface area (Å²) in [6.45, 7) is -1.16. The molecule has 1 N–H and O–H groups in total. The standard InChI is InChI=1S/C14H10F2N6O2/c15-10-4-8(12(24)7-23)5-11(16)9(10)6-22-20-14(19-21-22)13-17-2-1-3-18-13/h1-5,23H,6-7H2. The van der Waals surface area contributed by atoms with E-state index in [1.54, 1.807) is 6.07 Å². The molecule has 3 aromatic rings. The van der Waals surface area contributed by atoms with Crippen LogP contribution in [0.15, 0.2) is 30.6 Å². The number of rotatable bonds is 5. The lowest BCUT2D eigenvalue weighted by Gasteiger charge is -2.06. The number of benzene rings is 1. The lowest BCUT2D eigenvalue weighted by atomic mass is 10.1. The number of aliphatic hydroxyl groups excluding tert-OH is 1. The van der Waals surface area contributed by atoms with E-state index in [2.05, 4.69) is 25.4 Å². The van der Waals surface area contributed by atoms with Crippen molar-refractivity contribution in [3.8, 4) is 11.6 Å². The molecule has 0 fully saturated rings. The number of carbonyl (C=O) groups is 1. The summed E-state index contributed by atoms with van der Waals surface area (Å²) in [7, 11) is 0. The molecule has 8 nitrogen and oxygen atoms in total. The highest BCUT2D eigenvalue weighted by Crippen LogP contribution is 2.17. The first-order chi connectivity index (χ1) is 11.6. The van der Waals surface area contributed by atoms with Crippen LogP contribution >= 0.6 is 0 Å². The first-order valence-electron chi connectivity index (χ1n) is 6.75. The van der Waals surface area contributed by atoms with Crippen LogP contribution in [0.1, 0.15) is 15.9 Å². The third kappa shape index (κ3) is 3.13. The summed E-state index contributed by atoms with van der Waals surface area (Å²) in [6.07, 6.45) is 3.00. The number of ketones is 1. The molecule has 122 valence electrons. The van der Waals surface area contributed by atoms with Crippen LogP contribution in [0.5, 0.6) is 0 Å². The van der Waals surface area contributed by atoms with Gasteiger partial charge >= 0.3 is 0 Å². The Morgan fingerprint density at radius 1 is 1.12 bits per heavy atom. The Hall–Kier alpha value is -3.14. The molecule has 24 heavy (non-hydrogen) atoms. The highest BCUT2D eigenvalue weighted by atomic mass is 19.1. The number of aliphatic hydroxyl groups is 1. The fourth-order valence-electron chi connectivity index (χ4n) is 1.96. The Balaban J connectivity index is 1.87. The average Bonchev–Trinajstić information content (AvgIpc) is 3.06. The van der Waals surface area contributed by atoms with Crippen LogP contribution in [0.2, 0.25) is 0 Å². The average molecular weight is 332 g/mol. The molecule has 0 saturated heterocycles. The molecule has 10 heteroatoms. The summed E-state index contributed by atoms with van der Waals surface area (Å²) in [6, 6.07) is 3.33. The first kappa shape index (κ1) is 15.7. The van der Waals surface area contributed by atoms with Crippen molar-refractivity contribution >= 4 is 5.78 Å². The van der Waals surface area contributed by atoms with Gasteiger partial charge in [0.15, 0.2) is 5.78 Å². The number of hydrogen-bond donors (Lipinski definition) is 1. The number of halogens is 2. The minimum atomic E-state index is -0.943. The number of Topliss-reactive ketones (excluding diaryl/α,β-unsaturated/α-hetero) is 1. The van der Waals surface area contributed by atoms with Crippen molar-refractivity contribution in [2.45, 2.75) is 6.54 Å². The van der Waals surface area contributed by atoms with Gasteiger partial charge in [-0.15, -0.1) is 10.2 Å². The van der Waals surface area contributed by atoms with Gasteiger partial charge in [-0.3, -0.25) is 4.79 Å². The van der Waals surface area contributed by atoms with Crippen molar-refractivity contribution < 1.29 is 18.7 Å². The normalized spacial score (nSPS) is 10.8. The van der Waals surface area contributed by atoms with Crippen molar-refractivity contribution in [3.63, 3.8) is 0 Å². The zero-order valence-corrected chi connectivity index (χ0v) is 12.1. The molecule has 1 aromatic carbocycles. The molecular weight excluding hydrogens is 322 g/mol. The summed E-state index contributed by atoms with van der Waals surface area (Å²) in [5.74, 6) is -2.32. The highest BCUT2D eigenvalue weighted by Gasteiger charge is 2.17. The highest BCUT2D eigenvalue weighted by molar-refractivity contribution is 5.96. The number of nitrogens with zero attached hydrogens (tertiary/aromatic N) is 6. The van der Waals surface area contributed by atoms with Gasteiger partial charge in [0, 0.05) is 23.5 Å². The van der Waals surface area contributed by atoms with E-state index in [0.29, 0.717) is 0 Å². The molecule has 0 aliphatic heterocycles. The molecule has 0 saturated carbocycles. The summed E-state index contributed by atoms with van der Waals surface area (Å²) < 4.78 is 28.1. The molecule has 2 aromatic heterocycles. The fourth-order valence-corrected chi connectivity index (χ4v) is 1.96. The zero-order chi connectivity index (χ0) is 17.1. The van der Waals surface area contributed by atoms with E-state index in [9.17, 15) is 13.6 Å². The van der Waals surface area contributed by atoms with Gasteiger partial charge < -0.3 is 5.11 Å². The Morgan fingerprint density at radius 3 is 2.42 bits per heavy atom. The second kappa shape index (κ2) is 6.54. The number of tetrazole rings is 1. The topological polar surface area (TPSA) is 107 Å². The minimum absolute atomic E-state index is 0.114. The maximum atomic E-state index is 14.0. The van der Waals surface area contributed by atoms with Crippen LogP contribution in [0.4, 0.5) is 8.78 Å². The van der Waals surface area contributed by atoms with Crippen LogP contribution in [0, 0.1) is 11.6 Å². The summed E-state index contributed by atoms with van der Waals surface area (Å²) in [5.41, 5.74) is -0.580. The zero-order valence-electron chi connectivity index (χ0n) is 12.1. The van der Waals surface area contributed by atoms with Crippen LogP contribution in [0.25, 0.3) is 11.6 Å². The van der Waals surface area contributed by atoms with E-state index in [1.165, 1.54) is 12.4 Å². The Labute approximate surface area is 133 Å². The number of hydrogen-bond acceptors (Lipinski definition) is 7. The van der Waals surface area contributed by atoms with Gasteiger partial charge in [-0.1, -0.05) is 0 Å². The monoisotopic (exact) mass is 332 g/mol. The lowest BCUT2D eigenvalue weighted by molar-refractivity contribution is 0.0902. The molecule has 0 bridgehead atoms. The van der Waals surface area contributed by atoms with Crippen molar-refractivity contribution in [1.29, 1.82) is 0 Å². The van der Waals surface area contributed by atoms with E-state index < -0.39 is 24.0 Å². The van der Waals surface area contributed by atoms with E-state index >= 15 is 0 Å². The van der Waals surface area contributed by atoms with Gasteiger partial charge in [0.05, 0.1) is 6.54 Å². The van der Waals surface area contributed by atoms with E-state index in [4.69, 9.17) is 5.11 Å².